The van der Waals surface area contributed by atoms with E-state index in [0.29, 0.717) is 6.42 Å². The molecule has 0 N–H and O–H groups in total. The van der Waals surface area contributed by atoms with Crippen LogP contribution in [0.3, 0.4) is 0 Å². The maximum atomic E-state index is 12.0. The van der Waals surface area contributed by atoms with Crippen LogP contribution in [0.4, 0.5) is 0 Å². The zero-order valence-corrected chi connectivity index (χ0v) is 12.3. The van der Waals surface area contributed by atoms with Crippen LogP contribution in [0, 0.1) is 0 Å². The molecule has 1 atom stereocenters. The molecule has 1 aromatic carbocycles. The molecular weight excluding hydrogens is 262 g/mol. The summed E-state index contributed by atoms with van der Waals surface area (Å²) >= 11 is 1.77. The van der Waals surface area contributed by atoms with Crippen molar-refractivity contribution in [1.82, 2.24) is 4.90 Å². The van der Waals surface area contributed by atoms with Crippen molar-refractivity contribution in [3.8, 4) is 11.5 Å². The Hall–Kier alpha value is -1.36. The SMILES string of the molecule is CCC(=O)N1CCS[C@H]1c1ccc(OC)cc1OC. The quantitative estimate of drug-likeness (QED) is 0.850. The fourth-order valence-electron chi connectivity index (χ4n) is 2.21. The lowest BCUT2D eigenvalue weighted by molar-refractivity contribution is -0.131. The fourth-order valence-corrected chi connectivity index (χ4v) is 3.51. The second kappa shape index (κ2) is 6.19. The molecule has 1 aliphatic rings. The van der Waals surface area contributed by atoms with Crippen LogP contribution in [0.2, 0.25) is 0 Å². The largest absolute Gasteiger partial charge is 0.497 e. The minimum Gasteiger partial charge on any atom is -0.497 e. The number of benzene rings is 1. The third kappa shape index (κ3) is 2.81. The average Bonchev–Trinajstić information content (AvgIpc) is 2.94. The first-order valence-corrected chi connectivity index (χ1v) is 7.39. The van der Waals surface area contributed by atoms with Crippen molar-refractivity contribution in [2.75, 3.05) is 26.5 Å². The van der Waals surface area contributed by atoms with Crippen LogP contribution in [0.15, 0.2) is 18.2 Å². The van der Waals surface area contributed by atoms with E-state index in [-0.39, 0.29) is 11.3 Å². The minimum absolute atomic E-state index is 0.0494. The molecule has 0 aromatic heterocycles. The number of hydrogen-bond acceptors (Lipinski definition) is 4. The zero-order valence-electron chi connectivity index (χ0n) is 11.5. The summed E-state index contributed by atoms with van der Waals surface area (Å²) in [6.45, 7) is 2.70. The summed E-state index contributed by atoms with van der Waals surface area (Å²) in [5.74, 6) is 2.68. The predicted octanol–water partition coefficient (Wildman–Crippen LogP) is 2.69. The van der Waals surface area contributed by atoms with Gasteiger partial charge in [-0.2, -0.15) is 0 Å². The first kappa shape index (κ1) is 14.1. The number of thioether (sulfide) groups is 1. The van der Waals surface area contributed by atoms with Gasteiger partial charge in [-0.1, -0.05) is 6.92 Å². The molecule has 4 nitrogen and oxygen atoms in total. The minimum atomic E-state index is 0.0494. The highest BCUT2D eigenvalue weighted by molar-refractivity contribution is 7.99. The number of ether oxygens (including phenoxy) is 2. The van der Waals surface area contributed by atoms with E-state index >= 15 is 0 Å². The molecule has 0 spiro atoms. The number of carbonyl (C=O) groups is 1. The molecule has 1 fully saturated rings. The standard InChI is InChI=1S/C14H19NO3S/c1-4-13(16)15-7-8-19-14(15)11-6-5-10(17-2)9-12(11)18-3/h5-6,9,14H,4,7-8H2,1-3H3/t14-/m0/s1. The van der Waals surface area contributed by atoms with Crippen LogP contribution < -0.4 is 9.47 Å². The molecule has 0 bridgehead atoms. The number of hydrogen-bond donors (Lipinski definition) is 0. The predicted molar refractivity (Wildman–Crippen MR) is 76.7 cm³/mol. The van der Waals surface area contributed by atoms with E-state index in [0.717, 1.165) is 29.4 Å². The van der Waals surface area contributed by atoms with Gasteiger partial charge in [0.15, 0.2) is 0 Å². The van der Waals surface area contributed by atoms with Gasteiger partial charge in [0.05, 0.1) is 14.2 Å². The lowest BCUT2D eigenvalue weighted by Crippen LogP contribution is -2.29. The summed E-state index contributed by atoms with van der Waals surface area (Å²) in [7, 11) is 3.27. The van der Waals surface area contributed by atoms with Gasteiger partial charge in [-0.25, -0.2) is 0 Å². The normalized spacial score (nSPS) is 18.5. The molecule has 1 amide bonds. The Balaban J connectivity index is 2.32. The number of rotatable bonds is 4. The summed E-state index contributed by atoms with van der Waals surface area (Å²) in [6, 6.07) is 5.75. The molecule has 5 heteroatoms. The lowest BCUT2D eigenvalue weighted by Gasteiger charge is -2.25. The van der Waals surface area contributed by atoms with E-state index in [1.54, 1.807) is 26.0 Å². The maximum Gasteiger partial charge on any atom is 0.223 e. The summed E-state index contributed by atoms with van der Waals surface area (Å²) in [5.41, 5.74) is 1.03. The van der Waals surface area contributed by atoms with Crippen molar-refractivity contribution in [3.63, 3.8) is 0 Å². The Morgan fingerprint density at radius 3 is 2.84 bits per heavy atom. The molecule has 1 heterocycles. The molecule has 2 rings (SSSR count). The molecule has 19 heavy (non-hydrogen) atoms. The van der Waals surface area contributed by atoms with E-state index in [1.165, 1.54) is 0 Å². The van der Waals surface area contributed by atoms with Crippen molar-refractivity contribution in [2.24, 2.45) is 0 Å². The van der Waals surface area contributed by atoms with Gasteiger partial charge in [-0.3, -0.25) is 4.79 Å². The fraction of sp³-hybridized carbons (Fsp3) is 0.500. The van der Waals surface area contributed by atoms with Gasteiger partial charge in [0, 0.05) is 30.3 Å². The summed E-state index contributed by atoms with van der Waals surface area (Å²) in [5, 5.41) is 0.0494. The molecule has 1 saturated heterocycles. The summed E-state index contributed by atoms with van der Waals surface area (Å²) in [4.78, 5) is 13.9. The van der Waals surface area contributed by atoms with E-state index in [4.69, 9.17) is 9.47 Å². The molecule has 1 aromatic rings. The topological polar surface area (TPSA) is 38.8 Å². The van der Waals surface area contributed by atoms with Gasteiger partial charge >= 0.3 is 0 Å². The van der Waals surface area contributed by atoms with Crippen LogP contribution in [0.5, 0.6) is 11.5 Å². The number of carbonyl (C=O) groups excluding carboxylic acids is 1. The first-order valence-electron chi connectivity index (χ1n) is 6.34. The van der Waals surface area contributed by atoms with Crippen molar-refractivity contribution in [3.05, 3.63) is 23.8 Å². The van der Waals surface area contributed by atoms with Crippen molar-refractivity contribution < 1.29 is 14.3 Å². The van der Waals surface area contributed by atoms with Gasteiger partial charge in [0.1, 0.15) is 16.9 Å². The average molecular weight is 281 g/mol. The van der Waals surface area contributed by atoms with Crippen molar-refractivity contribution in [2.45, 2.75) is 18.7 Å². The highest BCUT2D eigenvalue weighted by atomic mass is 32.2. The second-order valence-electron chi connectivity index (χ2n) is 4.27. The van der Waals surface area contributed by atoms with Crippen LogP contribution >= 0.6 is 11.8 Å². The molecule has 104 valence electrons. The van der Waals surface area contributed by atoms with Crippen LogP contribution in [-0.2, 0) is 4.79 Å². The Kier molecular flexibility index (Phi) is 4.58. The zero-order chi connectivity index (χ0) is 13.8. The Morgan fingerprint density at radius 1 is 1.42 bits per heavy atom. The number of amides is 1. The number of nitrogens with zero attached hydrogens (tertiary/aromatic N) is 1. The third-order valence-electron chi connectivity index (χ3n) is 3.22. The molecule has 0 unspecified atom stereocenters. The van der Waals surface area contributed by atoms with Gasteiger partial charge in [0.25, 0.3) is 0 Å². The lowest BCUT2D eigenvalue weighted by atomic mass is 10.1. The second-order valence-corrected chi connectivity index (χ2v) is 5.46. The molecule has 0 aliphatic carbocycles. The Bertz CT molecular complexity index is 464. The molecular formula is C14H19NO3S. The monoisotopic (exact) mass is 281 g/mol. The summed E-state index contributed by atoms with van der Waals surface area (Å²) in [6.07, 6.45) is 0.537. The van der Waals surface area contributed by atoms with Gasteiger partial charge in [-0.05, 0) is 12.1 Å². The smallest absolute Gasteiger partial charge is 0.223 e. The molecule has 0 radical (unpaired) electrons. The highest BCUT2D eigenvalue weighted by Gasteiger charge is 2.31. The Labute approximate surface area is 118 Å². The van der Waals surface area contributed by atoms with Gasteiger partial charge in [0.2, 0.25) is 5.91 Å². The van der Waals surface area contributed by atoms with E-state index in [1.807, 2.05) is 30.0 Å². The Morgan fingerprint density at radius 2 is 2.21 bits per heavy atom. The van der Waals surface area contributed by atoms with E-state index in [9.17, 15) is 4.79 Å². The van der Waals surface area contributed by atoms with E-state index in [2.05, 4.69) is 0 Å². The van der Waals surface area contributed by atoms with Gasteiger partial charge < -0.3 is 14.4 Å². The molecule has 0 saturated carbocycles. The molecule has 1 aliphatic heterocycles. The third-order valence-corrected chi connectivity index (χ3v) is 4.46. The van der Waals surface area contributed by atoms with Crippen LogP contribution in [-0.4, -0.2) is 37.3 Å². The summed E-state index contributed by atoms with van der Waals surface area (Å²) < 4.78 is 10.6. The first-order chi connectivity index (χ1) is 9.21. The van der Waals surface area contributed by atoms with Gasteiger partial charge in [-0.15, -0.1) is 11.8 Å². The number of methoxy groups -OCH3 is 2. The van der Waals surface area contributed by atoms with E-state index < -0.39 is 0 Å². The van der Waals surface area contributed by atoms with Crippen LogP contribution in [0.1, 0.15) is 24.3 Å². The van der Waals surface area contributed by atoms with Crippen LogP contribution in [0.25, 0.3) is 0 Å². The van der Waals surface area contributed by atoms with Crippen molar-refractivity contribution in [1.29, 1.82) is 0 Å². The maximum absolute atomic E-state index is 12.0. The van der Waals surface area contributed by atoms with Crippen molar-refractivity contribution >= 4 is 17.7 Å². The highest BCUT2D eigenvalue weighted by Crippen LogP contribution is 2.43.